The Bertz CT molecular complexity index is 527. The lowest BCUT2D eigenvalue weighted by Gasteiger charge is -2.21. The summed E-state index contributed by atoms with van der Waals surface area (Å²) < 4.78 is 6.70. The molecule has 1 heterocycles. The first-order valence-electron chi connectivity index (χ1n) is 6.67. The van der Waals surface area contributed by atoms with Crippen molar-refractivity contribution in [2.45, 2.75) is 33.2 Å². The van der Waals surface area contributed by atoms with Crippen LogP contribution in [0.5, 0.6) is 0 Å². The summed E-state index contributed by atoms with van der Waals surface area (Å²) >= 11 is 3.57. The summed E-state index contributed by atoms with van der Waals surface area (Å²) in [6.45, 7) is 7.44. The number of halogens is 1. The van der Waals surface area contributed by atoms with Crippen LogP contribution >= 0.6 is 15.9 Å². The van der Waals surface area contributed by atoms with Crippen LogP contribution in [0.4, 0.5) is 0 Å². The van der Waals surface area contributed by atoms with Gasteiger partial charge >= 0.3 is 0 Å². The minimum Gasteiger partial charge on any atom is -0.466 e. The molecular weight excluding hydrogens is 302 g/mol. The van der Waals surface area contributed by atoms with Gasteiger partial charge in [0.05, 0.1) is 16.8 Å². The van der Waals surface area contributed by atoms with Crippen molar-refractivity contribution in [3.63, 3.8) is 0 Å². The van der Waals surface area contributed by atoms with Crippen molar-refractivity contribution in [2.75, 3.05) is 6.54 Å². The summed E-state index contributed by atoms with van der Waals surface area (Å²) in [5.41, 5.74) is 3.89. The smallest absolute Gasteiger partial charge is 0.139 e. The maximum Gasteiger partial charge on any atom is 0.139 e. The molecule has 0 bridgehead atoms. The fourth-order valence-corrected chi connectivity index (χ4v) is 2.84. The van der Waals surface area contributed by atoms with Crippen LogP contribution < -0.4 is 5.32 Å². The van der Waals surface area contributed by atoms with Crippen LogP contribution in [0.3, 0.4) is 0 Å². The highest BCUT2D eigenvalue weighted by molar-refractivity contribution is 9.10. The second-order valence-corrected chi connectivity index (χ2v) is 5.68. The number of hydrogen-bond donors (Lipinski definition) is 1. The predicted molar refractivity (Wildman–Crippen MR) is 82.5 cm³/mol. The van der Waals surface area contributed by atoms with Gasteiger partial charge in [-0.25, -0.2) is 0 Å². The van der Waals surface area contributed by atoms with Crippen molar-refractivity contribution in [1.29, 1.82) is 0 Å². The molecule has 19 heavy (non-hydrogen) atoms. The largest absolute Gasteiger partial charge is 0.466 e. The molecule has 0 aliphatic heterocycles. The third-order valence-electron chi connectivity index (χ3n) is 3.34. The summed E-state index contributed by atoms with van der Waals surface area (Å²) in [7, 11) is 0. The molecule has 102 valence electrons. The van der Waals surface area contributed by atoms with Crippen molar-refractivity contribution in [1.82, 2.24) is 5.32 Å². The van der Waals surface area contributed by atoms with Crippen molar-refractivity contribution in [2.24, 2.45) is 0 Å². The lowest BCUT2D eigenvalue weighted by Crippen LogP contribution is -2.24. The second kappa shape index (κ2) is 6.40. The Kier molecular flexibility index (Phi) is 4.83. The van der Waals surface area contributed by atoms with E-state index in [1.54, 1.807) is 6.26 Å². The molecule has 0 fully saturated rings. The topological polar surface area (TPSA) is 25.2 Å². The fraction of sp³-hybridized carbons (Fsp3) is 0.375. The average Bonchev–Trinajstić information content (AvgIpc) is 2.79. The first-order valence-corrected chi connectivity index (χ1v) is 7.46. The Morgan fingerprint density at radius 1 is 1.21 bits per heavy atom. The monoisotopic (exact) mass is 321 g/mol. The first-order chi connectivity index (χ1) is 9.15. The van der Waals surface area contributed by atoms with Gasteiger partial charge in [-0.2, -0.15) is 0 Å². The van der Waals surface area contributed by atoms with E-state index in [4.69, 9.17) is 4.42 Å². The van der Waals surface area contributed by atoms with E-state index >= 15 is 0 Å². The molecule has 3 heteroatoms. The highest BCUT2D eigenvalue weighted by atomic mass is 79.9. The molecule has 0 saturated heterocycles. The summed E-state index contributed by atoms with van der Waals surface area (Å²) in [5.74, 6) is 0.950. The van der Waals surface area contributed by atoms with E-state index in [0.717, 1.165) is 23.2 Å². The normalized spacial score (nSPS) is 12.6. The highest BCUT2D eigenvalue weighted by Gasteiger charge is 2.22. The maximum atomic E-state index is 5.68. The molecule has 1 aromatic heterocycles. The lowest BCUT2D eigenvalue weighted by atomic mass is 9.94. The van der Waals surface area contributed by atoms with Crippen molar-refractivity contribution in [3.8, 4) is 0 Å². The van der Waals surface area contributed by atoms with E-state index in [2.05, 4.69) is 60.2 Å². The van der Waals surface area contributed by atoms with E-state index in [-0.39, 0.29) is 6.04 Å². The molecule has 1 unspecified atom stereocenters. The van der Waals surface area contributed by atoms with E-state index in [1.807, 2.05) is 6.07 Å². The third-order valence-corrected chi connectivity index (χ3v) is 3.99. The SMILES string of the molecule is CCCNC(c1occc1Br)c1c(C)cccc1C. The molecule has 0 aliphatic rings. The molecule has 1 N–H and O–H groups in total. The van der Waals surface area contributed by atoms with Gasteiger partial charge in [-0.15, -0.1) is 0 Å². The molecule has 2 aromatic rings. The van der Waals surface area contributed by atoms with Gasteiger partial charge in [-0.1, -0.05) is 25.1 Å². The number of aryl methyl sites for hydroxylation is 2. The van der Waals surface area contributed by atoms with Gasteiger partial charge in [0.1, 0.15) is 5.76 Å². The van der Waals surface area contributed by atoms with E-state index in [9.17, 15) is 0 Å². The van der Waals surface area contributed by atoms with Crippen LogP contribution in [0, 0.1) is 13.8 Å². The average molecular weight is 322 g/mol. The van der Waals surface area contributed by atoms with Gasteiger partial charge in [0.25, 0.3) is 0 Å². The van der Waals surface area contributed by atoms with Gasteiger partial charge in [0.2, 0.25) is 0 Å². The molecule has 0 radical (unpaired) electrons. The minimum atomic E-state index is 0.102. The molecule has 1 atom stereocenters. The first kappa shape index (κ1) is 14.4. The fourth-order valence-electron chi connectivity index (χ4n) is 2.41. The van der Waals surface area contributed by atoms with Gasteiger partial charge in [-0.3, -0.25) is 0 Å². The molecule has 0 amide bonds. The molecule has 2 rings (SSSR count). The summed E-state index contributed by atoms with van der Waals surface area (Å²) in [5, 5.41) is 3.59. The second-order valence-electron chi connectivity index (χ2n) is 4.83. The van der Waals surface area contributed by atoms with Crippen molar-refractivity contribution in [3.05, 3.63) is 57.5 Å². The Balaban J connectivity index is 2.46. The number of hydrogen-bond acceptors (Lipinski definition) is 2. The van der Waals surface area contributed by atoms with Crippen LogP contribution in [-0.2, 0) is 0 Å². The van der Waals surface area contributed by atoms with Gasteiger partial charge in [-0.05, 0) is 65.5 Å². The Morgan fingerprint density at radius 3 is 2.42 bits per heavy atom. The molecule has 0 spiro atoms. The highest BCUT2D eigenvalue weighted by Crippen LogP contribution is 2.32. The molecular formula is C16H20BrNO. The van der Waals surface area contributed by atoms with E-state index in [0.29, 0.717) is 0 Å². The molecule has 0 saturated carbocycles. The summed E-state index contributed by atoms with van der Waals surface area (Å²) in [4.78, 5) is 0. The number of furan rings is 1. The van der Waals surface area contributed by atoms with Gasteiger partial charge in [0, 0.05) is 0 Å². The molecule has 2 nitrogen and oxygen atoms in total. The van der Waals surface area contributed by atoms with E-state index in [1.165, 1.54) is 16.7 Å². The number of benzene rings is 1. The zero-order valence-electron chi connectivity index (χ0n) is 11.7. The number of nitrogens with one attached hydrogen (secondary N) is 1. The van der Waals surface area contributed by atoms with Crippen molar-refractivity contribution < 1.29 is 4.42 Å². The predicted octanol–water partition coefficient (Wildman–Crippen LogP) is 4.75. The third kappa shape index (κ3) is 3.10. The summed E-state index contributed by atoms with van der Waals surface area (Å²) in [6, 6.07) is 8.45. The maximum absolute atomic E-state index is 5.68. The Morgan fingerprint density at radius 2 is 1.89 bits per heavy atom. The van der Waals surface area contributed by atoms with Crippen LogP contribution in [-0.4, -0.2) is 6.54 Å². The van der Waals surface area contributed by atoms with Crippen molar-refractivity contribution >= 4 is 15.9 Å². The van der Waals surface area contributed by atoms with Crippen LogP contribution in [0.2, 0.25) is 0 Å². The van der Waals surface area contributed by atoms with Crippen LogP contribution in [0.25, 0.3) is 0 Å². The van der Waals surface area contributed by atoms with Gasteiger partial charge in [0.15, 0.2) is 0 Å². The summed E-state index contributed by atoms with van der Waals surface area (Å²) in [6.07, 6.45) is 2.83. The Labute approximate surface area is 123 Å². The zero-order valence-corrected chi connectivity index (χ0v) is 13.3. The van der Waals surface area contributed by atoms with Crippen LogP contribution in [0.15, 0.2) is 39.4 Å². The molecule has 1 aromatic carbocycles. The zero-order chi connectivity index (χ0) is 13.8. The number of rotatable bonds is 5. The quantitative estimate of drug-likeness (QED) is 0.859. The Hall–Kier alpha value is -1.06. The molecule has 0 aliphatic carbocycles. The van der Waals surface area contributed by atoms with Gasteiger partial charge < -0.3 is 9.73 Å². The lowest BCUT2D eigenvalue weighted by molar-refractivity contribution is 0.442. The minimum absolute atomic E-state index is 0.102. The van der Waals surface area contributed by atoms with E-state index < -0.39 is 0 Å². The van der Waals surface area contributed by atoms with Crippen LogP contribution in [0.1, 0.15) is 41.8 Å². The standard InChI is InChI=1S/C16H20BrNO/c1-4-9-18-15(16-13(17)8-10-19-16)14-11(2)6-5-7-12(14)3/h5-8,10,15,18H,4,9H2,1-3H3.